The number of nitrogens with zero attached hydrogens (tertiary/aromatic N) is 1. The lowest BCUT2D eigenvalue weighted by molar-refractivity contribution is -0.137. The van der Waals surface area contributed by atoms with Crippen LogP contribution >= 0.6 is 0 Å². The molecule has 0 radical (unpaired) electrons. The Morgan fingerprint density at radius 3 is 2.62 bits per heavy atom. The van der Waals surface area contributed by atoms with Crippen molar-refractivity contribution in [3.05, 3.63) is 60.2 Å². The second-order valence-corrected chi connectivity index (χ2v) is 6.93. The van der Waals surface area contributed by atoms with Crippen LogP contribution in [0.1, 0.15) is 18.4 Å². The van der Waals surface area contributed by atoms with Gasteiger partial charge in [-0.1, -0.05) is 42.5 Å². The van der Waals surface area contributed by atoms with Crippen molar-refractivity contribution in [3.63, 3.8) is 0 Å². The first-order valence-corrected chi connectivity index (χ1v) is 9.04. The van der Waals surface area contributed by atoms with E-state index in [-0.39, 0.29) is 18.1 Å². The second-order valence-electron chi connectivity index (χ2n) is 6.93. The first-order chi connectivity index (χ1) is 12.7. The van der Waals surface area contributed by atoms with Crippen LogP contribution in [0.5, 0.6) is 5.75 Å². The Morgan fingerprint density at radius 2 is 1.88 bits per heavy atom. The van der Waals surface area contributed by atoms with Crippen LogP contribution in [0.25, 0.3) is 17.2 Å². The normalized spacial score (nSPS) is 17.7. The molecule has 0 bridgehead atoms. The topological polar surface area (TPSA) is 38.8 Å². The van der Waals surface area contributed by atoms with Crippen LogP contribution in [-0.2, 0) is 9.53 Å². The molecule has 1 spiro atoms. The third-order valence-electron chi connectivity index (χ3n) is 5.23. The van der Waals surface area contributed by atoms with E-state index in [1.54, 1.807) is 7.11 Å². The summed E-state index contributed by atoms with van der Waals surface area (Å²) in [7, 11) is 1.55. The Kier molecular flexibility index (Phi) is 4.51. The Labute approximate surface area is 154 Å². The molecule has 0 aromatic heterocycles. The molecule has 2 aromatic rings. The van der Waals surface area contributed by atoms with Gasteiger partial charge < -0.3 is 14.4 Å². The monoisotopic (exact) mass is 349 g/mol. The fourth-order valence-corrected chi connectivity index (χ4v) is 3.69. The Bertz CT molecular complexity index is 821. The van der Waals surface area contributed by atoms with Crippen LogP contribution in [0, 0.1) is 0 Å². The van der Waals surface area contributed by atoms with Gasteiger partial charge in [0.05, 0.1) is 0 Å². The van der Waals surface area contributed by atoms with Gasteiger partial charge in [-0.2, -0.15) is 0 Å². The maximum Gasteiger partial charge on any atom is 0.248 e. The highest BCUT2D eigenvalue weighted by molar-refractivity contribution is 5.77. The fraction of sp³-hybridized carbons (Fsp3) is 0.318. The number of piperidine rings is 1. The number of methoxy groups -OCH3 is 1. The molecular weight excluding hydrogens is 326 g/mol. The molecule has 0 unspecified atom stereocenters. The van der Waals surface area contributed by atoms with Crippen molar-refractivity contribution in [2.24, 2.45) is 0 Å². The van der Waals surface area contributed by atoms with Crippen molar-refractivity contribution in [3.8, 4) is 16.9 Å². The van der Waals surface area contributed by atoms with E-state index in [0.717, 1.165) is 24.2 Å². The second kappa shape index (κ2) is 6.96. The predicted molar refractivity (Wildman–Crippen MR) is 102 cm³/mol. The summed E-state index contributed by atoms with van der Waals surface area (Å²) in [5.41, 5.74) is 3.20. The lowest BCUT2D eigenvalue weighted by atomic mass is 9.87. The molecule has 4 heteroatoms. The van der Waals surface area contributed by atoms with Crippen molar-refractivity contribution in [1.82, 2.24) is 4.90 Å². The van der Waals surface area contributed by atoms with E-state index in [2.05, 4.69) is 54.6 Å². The van der Waals surface area contributed by atoms with Gasteiger partial charge in [0.1, 0.15) is 18.0 Å². The zero-order valence-corrected chi connectivity index (χ0v) is 15.0. The quantitative estimate of drug-likeness (QED) is 0.847. The average Bonchev–Trinajstić information content (AvgIpc) is 2.69. The highest BCUT2D eigenvalue weighted by atomic mass is 16.5. The Hall–Kier alpha value is -2.59. The minimum atomic E-state index is -0.300. The number of rotatable bonds is 3. The van der Waals surface area contributed by atoms with E-state index in [4.69, 9.17) is 9.47 Å². The number of carbonyl (C=O) groups is 1. The first-order valence-electron chi connectivity index (χ1n) is 9.04. The molecule has 2 heterocycles. The molecule has 1 amide bonds. The Balaban J connectivity index is 1.49. The third-order valence-corrected chi connectivity index (χ3v) is 5.23. The van der Waals surface area contributed by atoms with Crippen molar-refractivity contribution in [2.75, 3.05) is 26.8 Å². The van der Waals surface area contributed by atoms with E-state index in [1.165, 1.54) is 11.1 Å². The minimum absolute atomic E-state index is 0.0510. The maximum absolute atomic E-state index is 12.0. The molecule has 2 aliphatic rings. The van der Waals surface area contributed by atoms with Gasteiger partial charge in [0.2, 0.25) is 5.91 Å². The van der Waals surface area contributed by atoms with Gasteiger partial charge in [-0.25, -0.2) is 0 Å². The number of carbonyl (C=O) groups excluding carboxylic acids is 1. The van der Waals surface area contributed by atoms with Crippen LogP contribution in [0.4, 0.5) is 0 Å². The highest BCUT2D eigenvalue weighted by Crippen LogP contribution is 2.38. The molecule has 26 heavy (non-hydrogen) atoms. The van der Waals surface area contributed by atoms with Crippen LogP contribution in [0.3, 0.4) is 0 Å². The molecule has 2 aromatic carbocycles. The largest absolute Gasteiger partial charge is 0.482 e. The molecule has 2 aliphatic heterocycles. The van der Waals surface area contributed by atoms with E-state index in [0.29, 0.717) is 13.1 Å². The van der Waals surface area contributed by atoms with Gasteiger partial charge in [0.25, 0.3) is 0 Å². The summed E-state index contributed by atoms with van der Waals surface area (Å²) in [6.45, 7) is 1.54. The van der Waals surface area contributed by atoms with Crippen LogP contribution < -0.4 is 4.74 Å². The molecule has 0 aliphatic carbocycles. The summed E-state index contributed by atoms with van der Waals surface area (Å²) in [6, 6.07) is 16.7. The van der Waals surface area contributed by atoms with Crippen LogP contribution in [0.2, 0.25) is 0 Å². The molecule has 4 rings (SSSR count). The number of likely N-dealkylation sites (tertiary alicyclic amines) is 1. The zero-order chi connectivity index (χ0) is 18.0. The minimum Gasteiger partial charge on any atom is -0.482 e. The molecular formula is C22H23NO3. The number of hydrogen-bond donors (Lipinski definition) is 0. The summed E-state index contributed by atoms with van der Waals surface area (Å²) in [6.07, 6.45) is 5.94. The summed E-state index contributed by atoms with van der Waals surface area (Å²) in [4.78, 5) is 13.8. The van der Waals surface area contributed by atoms with Gasteiger partial charge in [-0.15, -0.1) is 0 Å². The van der Waals surface area contributed by atoms with Crippen LogP contribution in [-0.4, -0.2) is 43.2 Å². The van der Waals surface area contributed by atoms with E-state index in [1.807, 2.05) is 11.0 Å². The molecule has 134 valence electrons. The van der Waals surface area contributed by atoms with Gasteiger partial charge in [-0.05, 0) is 29.3 Å². The SMILES string of the molecule is COCC(=O)N1CCC2(C=Cc3cc(-c4ccccc4)ccc3O2)CC1. The van der Waals surface area contributed by atoms with Crippen LogP contribution in [0.15, 0.2) is 54.6 Å². The molecule has 1 fully saturated rings. The summed E-state index contributed by atoms with van der Waals surface area (Å²) >= 11 is 0. The summed E-state index contributed by atoms with van der Waals surface area (Å²) < 4.78 is 11.3. The lowest BCUT2D eigenvalue weighted by Crippen LogP contribution is -2.50. The number of amides is 1. The number of fused-ring (bicyclic) bond motifs is 1. The molecule has 0 atom stereocenters. The van der Waals surface area contributed by atoms with Gasteiger partial charge >= 0.3 is 0 Å². The van der Waals surface area contributed by atoms with Crippen molar-refractivity contribution in [1.29, 1.82) is 0 Å². The fourth-order valence-electron chi connectivity index (χ4n) is 3.69. The third kappa shape index (κ3) is 3.25. The molecule has 0 N–H and O–H groups in total. The summed E-state index contributed by atoms with van der Waals surface area (Å²) in [5.74, 6) is 0.971. The zero-order valence-electron chi connectivity index (χ0n) is 15.0. The van der Waals surface area contributed by atoms with Gasteiger partial charge in [0.15, 0.2) is 0 Å². The van der Waals surface area contributed by atoms with E-state index in [9.17, 15) is 4.79 Å². The van der Waals surface area contributed by atoms with Crippen molar-refractivity contribution in [2.45, 2.75) is 18.4 Å². The lowest BCUT2D eigenvalue weighted by Gasteiger charge is -2.42. The average molecular weight is 349 g/mol. The Morgan fingerprint density at radius 1 is 1.12 bits per heavy atom. The van der Waals surface area contributed by atoms with Gasteiger partial charge in [0, 0.05) is 38.6 Å². The number of hydrogen-bond acceptors (Lipinski definition) is 3. The number of ether oxygens (including phenoxy) is 2. The van der Waals surface area contributed by atoms with Crippen molar-refractivity contribution >= 4 is 12.0 Å². The van der Waals surface area contributed by atoms with E-state index >= 15 is 0 Å². The maximum atomic E-state index is 12.0. The molecule has 4 nitrogen and oxygen atoms in total. The summed E-state index contributed by atoms with van der Waals surface area (Å²) in [5, 5.41) is 0. The van der Waals surface area contributed by atoms with Gasteiger partial charge in [-0.3, -0.25) is 4.79 Å². The predicted octanol–water partition coefficient (Wildman–Crippen LogP) is 3.77. The molecule has 0 saturated carbocycles. The van der Waals surface area contributed by atoms with E-state index < -0.39 is 0 Å². The van der Waals surface area contributed by atoms with Crippen molar-refractivity contribution < 1.29 is 14.3 Å². The molecule has 1 saturated heterocycles. The number of benzene rings is 2. The first kappa shape index (κ1) is 16.9. The highest BCUT2D eigenvalue weighted by Gasteiger charge is 2.37. The standard InChI is InChI=1S/C22H23NO3/c1-25-16-21(24)23-13-11-22(12-14-23)10-9-19-15-18(7-8-20(19)26-22)17-5-3-2-4-6-17/h2-10,15H,11-14,16H2,1H3. The smallest absolute Gasteiger partial charge is 0.248 e.